The van der Waals surface area contributed by atoms with Gasteiger partial charge in [0.1, 0.15) is 11.6 Å². The van der Waals surface area contributed by atoms with Crippen molar-refractivity contribution >= 4 is 49.0 Å². The van der Waals surface area contributed by atoms with Crippen LogP contribution in [0.1, 0.15) is 31.3 Å². The molecule has 0 radical (unpaired) electrons. The van der Waals surface area contributed by atoms with E-state index >= 15 is 0 Å². The molecule has 0 amide bonds. The predicted molar refractivity (Wildman–Crippen MR) is 146 cm³/mol. The molecule has 0 bridgehead atoms. The fraction of sp³-hybridized carbons (Fsp3) is 0.375. The summed E-state index contributed by atoms with van der Waals surface area (Å²) in [5, 5.41) is 3.39. The Morgan fingerprint density at radius 3 is 2.70 bits per heavy atom. The molecule has 1 aromatic carbocycles. The summed E-state index contributed by atoms with van der Waals surface area (Å²) in [6, 6.07) is 8.03. The highest BCUT2D eigenvalue weighted by Crippen LogP contribution is 2.33. The highest BCUT2D eigenvalue weighted by molar-refractivity contribution is 7.88. The maximum absolute atomic E-state index is 12.0. The Balaban J connectivity index is 1.50. The van der Waals surface area contributed by atoms with E-state index in [-0.39, 0.29) is 18.0 Å². The minimum Gasteiger partial charge on any atom is -0.368 e. The first kappa shape index (κ1) is 25.4. The van der Waals surface area contributed by atoms with Gasteiger partial charge in [-0.15, -0.1) is 11.3 Å². The summed E-state index contributed by atoms with van der Waals surface area (Å²) in [6.45, 7) is 7.44. The van der Waals surface area contributed by atoms with Crippen molar-refractivity contribution in [2.45, 2.75) is 32.9 Å². The number of nitrogens with one attached hydrogen (secondary N) is 1. The Morgan fingerprint density at radius 1 is 1.16 bits per heavy atom. The number of pyridine rings is 1. The van der Waals surface area contributed by atoms with Gasteiger partial charge in [0.2, 0.25) is 16.0 Å². The minimum absolute atomic E-state index is 0.0105. The molecule has 1 fully saturated rings. The largest absolute Gasteiger partial charge is 0.368 e. The number of nitrogens with zero attached hydrogens (tertiary/aromatic N) is 7. The van der Waals surface area contributed by atoms with Crippen molar-refractivity contribution in [2.24, 2.45) is 0 Å². The molecule has 4 aromatic rings. The quantitative estimate of drug-likeness (QED) is 0.375. The van der Waals surface area contributed by atoms with Gasteiger partial charge < -0.3 is 11.1 Å². The number of thiazole rings is 1. The lowest BCUT2D eigenvalue weighted by Gasteiger charge is -2.42. The first-order valence-electron chi connectivity index (χ1n) is 11.9. The first-order valence-corrected chi connectivity index (χ1v) is 14.6. The van der Waals surface area contributed by atoms with E-state index in [2.05, 4.69) is 37.1 Å². The van der Waals surface area contributed by atoms with Gasteiger partial charge in [-0.3, -0.25) is 4.90 Å². The van der Waals surface area contributed by atoms with Crippen molar-refractivity contribution in [3.05, 3.63) is 47.4 Å². The van der Waals surface area contributed by atoms with Gasteiger partial charge in [-0.25, -0.2) is 23.4 Å². The topological polar surface area (TPSA) is 143 Å². The van der Waals surface area contributed by atoms with Crippen molar-refractivity contribution < 1.29 is 8.42 Å². The van der Waals surface area contributed by atoms with Crippen LogP contribution >= 0.6 is 11.3 Å². The molecule has 3 N–H and O–H groups in total. The molecular weight excluding hydrogens is 510 g/mol. The molecule has 1 aliphatic heterocycles. The zero-order valence-electron chi connectivity index (χ0n) is 21.1. The van der Waals surface area contributed by atoms with Crippen LogP contribution in [0.2, 0.25) is 0 Å². The normalized spacial score (nSPS) is 18.2. The van der Waals surface area contributed by atoms with Gasteiger partial charge in [-0.2, -0.15) is 14.3 Å². The molecule has 5 rings (SSSR count). The Hall–Kier alpha value is -3.26. The van der Waals surface area contributed by atoms with E-state index < -0.39 is 10.0 Å². The van der Waals surface area contributed by atoms with Crippen molar-refractivity contribution in [2.75, 3.05) is 36.9 Å². The van der Waals surface area contributed by atoms with Gasteiger partial charge in [0.25, 0.3) is 0 Å². The molecule has 4 heterocycles. The minimum atomic E-state index is -3.22. The van der Waals surface area contributed by atoms with Crippen LogP contribution in [0.25, 0.3) is 21.6 Å². The van der Waals surface area contributed by atoms with Crippen LogP contribution < -0.4 is 11.1 Å². The molecule has 0 spiro atoms. The Labute approximate surface area is 219 Å². The third-order valence-electron chi connectivity index (χ3n) is 6.60. The molecular formula is C24H29N9O2S2. The average molecular weight is 540 g/mol. The number of benzene rings is 1. The summed E-state index contributed by atoms with van der Waals surface area (Å²) in [6.07, 6.45) is 3.10. The number of fused-ring (bicyclic) bond motifs is 1. The Morgan fingerprint density at radius 2 is 1.97 bits per heavy atom. The van der Waals surface area contributed by atoms with Crippen LogP contribution in [-0.2, 0) is 10.0 Å². The van der Waals surface area contributed by atoms with Crippen LogP contribution in [0.15, 0.2) is 36.0 Å². The van der Waals surface area contributed by atoms with Gasteiger partial charge in [0.15, 0.2) is 5.82 Å². The first-order chi connectivity index (χ1) is 17.6. The third-order valence-corrected chi connectivity index (χ3v) is 8.68. The van der Waals surface area contributed by atoms with Gasteiger partial charge >= 0.3 is 0 Å². The second kappa shape index (κ2) is 9.89. The van der Waals surface area contributed by atoms with E-state index in [1.807, 2.05) is 42.9 Å². The van der Waals surface area contributed by atoms with Crippen molar-refractivity contribution in [1.29, 1.82) is 0 Å². The van der Waals surface area contributed by atoms with Crippen LogP contribution in [0.4, 0.5) is 17.5 Å². The van der Waals surface area contributed by atoms with Crippen molar-refractivity contribution in [1.82, 2.24) is 34.1 Å². The summed E-state index contributed by atoms with van der Waals surface area (Å²) < 4.78 is 26.7. The van der Waals surface area contributed by atoms with Crippen molar-refractivity contribution in [3.8, 4) is 11.4 Å². The number of aryl methyl sites for hydroxylation is 1. The lowest BCUT2D eigenvalue weighted by atomic mass is 10.0. The van der Waals surface area contributed by atoms with E-state index in [1.165, 1.54) is 10.6 Å². The van der Waals surface area contributed by atoms with Crippen LogP contribution in [0.3, 0.4) is 0 Å². The third kappa shape index (κ3) is 5.39. The Bertz CT molecular complexity index is 1540. The fourth-order valence-corrected chi connectivity index (χ4v) is 6.24. The molecule has 1 aliphatic rings. The SMILES string of the molecule is Cc1nc(N)nc(-c2cc(C(C)N3CCN(S(C)(=O)=O)CC3C)cnc2Nc2ccc3scnc3c2)n1. The zero-order chi connectivity index (χ0) is 26.3. The lowest BCUT2D eigenvalue weighted by molar-refractivity contribution is 0.0906. The number of nitrogen functional groups attached to an aromatic ring is 1. The van der Waals surface area contributed by atoms with Gasteiger partial charge in [-0.1, -0.05) is 0 Å². The maximum atomic E-state index is 12.0. The maximum Gasteiger partial charge on any atom is 0.223 e. The number of aromatic nitrogens is 5. The van der Waals surface area contributed by atoms with Gasteiger partial charge in [0.05, 0.1) is 27.5 Å². The summed E-state index contributed by atoms with van der Waals surface area (Å²) in [4.78, 5) is 24.5. The second-order valence-corrected chi connectivity index (χ2v) is 12.1. The highest BCUT2D eigenvalue weighted by atomic mass is 32.2. The standard InChI is InChI=1S/C24H29N9O2S2/c1-14-12-32(37(4,34)35)7-8-33(14)15(2)17-9-19(23-28-16(3)29-24(25)31-23)22(26-11-17)30-18-5-6-21-20(10-18)27-13-36-21/h5-6,9-11,13-15H,7-8,12H2,1-4H3,(H,26,30)(H2,25,28,29,31). The number of nitrogens with two attached hydrogens (primary N) is 1. The molecule has 2 unspecified atom stereocenters. The van der Waals surface area contributed by atoms with E-state index in [4.69, 9.17) is 10.7 Å². The van der Waals surface area contributed by atoms with E-state index in [9.17, 15) is 8.42 Å². The van der Waals surface area contributed by atoms with Crippen LogP contribution in [-0.4, -0.2) is 74.5 Å². The molecule has 3 aromatic heterocycles. The summed E-state index contributed by atoms with van der Waals surface area (Å²) >= 11 is 1.59. The van der Waals surface area contributed by atoms with Gasteiger partial charge in [-0.05, 0) is 50.6 Å². The molecule has 0 aliphatic carbocycles. The van der Waals surface area contributed by atoms with Crippen molar-refractivity contribution in [3.63, 3.8) is 0 Å². The monoisotopic (exact) mass is 539 g/mol. The molecule has 194 valence electrons. The fourth-order valence-electron chi connectivity index (χ4n) is 4.68. The zero-order valence-corrected chi connectivity index (χ0v) is 22.7. The van der Waals surface area contributed by atoms with E-state index in [1.54, 1.807) is 18.3 Å². The highest BCUT2D eigenvalue weighted by Gasteiger charge is 2.32. The number of sulfonamides is 1. The molecule has 37 heavy (non-hydrogen) atoms. The van der Waals surface area contributed by atoms with Crippen LogP contribution in [0.5, 0.6) is 0 Å². The molecule has 0 saturated carbocycles. The summed E-state index contributed by atoms with van der Waals surface area (Å²) in [5.41, 5.74) is 11.2. The molecule has 2 atom stereocenters. The number of rotatable bonds is 6. The lowest BCUT2D eigenvalue weighted by Crippen LogP contribution is -2.53. The average Bonchev–Trinajstić information content (AvgIpc) is 3.30. The number of hydrogen-bond acceptors (Lipinski definition) is 11. The van der Waals surface area contributed by atoms with Crippen LogP contribution in [0, 0.1) is 6.92 Å². The van der Waals surface area contributed by atoms with Gasteiger partial charge in [0, 0.05) is 43.6 Å². The summed E-state index contributed by atoms with van der Waals surface area (Å²) in [7, 11) is -3.22. The summed E-state index contributed by atoms with van der Waals surface area (Å²) in [5.74, 6) is 1.67. The van der Waals surface area contributed by atoms with E-state index in [0.29, 0.717) is 42.7 Å². The van der Waals surface area contributed by atoms with E-state index in [0.717, 1.165) is 21.5 Å². The number of anilines is 3. The second-order valence-electron chi connectivity index (χ2n) is 9.27. The molecule has 11 nitrogen and oxygen atoms in total. The number of hydrogen-bond donors (Lipinski definition) is 2. The number of piperazine rings is 1. The smallest absolute Gasteiger partial charge is 0.223 e. The predicted octanol–water partition coefficient (Wildman–Crippen LogP) is 3.20. The Kier molecular flexibility index (Phi) is 6.79. The molecule has 13 heteroatoms. The molecule has 1 saturated heterocycles.